The van der Waals surface area contributed by atoms with E-state index >= 15 is 0 Å². The standard InChI is InChI=1S/C12H14F6O/c13-11(14,15)7-10(19,12(16,17)18)6-9-3-1-8(5-9)2-4-9/h1,3,8,19H,2,4-7H2. The Kier molecular flexibility index (Phi) is 3.20. The van der Waals surface area contributed by atoms with Gasteiger partial charge in [0, 0.05) is 0 Å². The van der Waals surface area contributed by atoms with Gasteiger partial charge in [0.1, 0.15) is 0 Å². The average molecular weight is 288 g/mol. The molecule has 0 aromatic rings. The Labute approximate surface area is 106 Å². The third kappa shape index (κ3) is 2.90. The molecule has 1 fully saturated rings. The fourth-order valence-corrected chi connectivity index (χ4v) is 3.25. The Morgan fingerprint density at radius 3 is 2.11 bits per heavy atom. The van der Waals surface area contributed by atoms with E-state index in [4.69, 9.17) is 0 Å². The van der Waals surface area contributed by atoms with Crippen LogP contribution in [0.3, 0.4) is 0 Å². The summed E-state index contributed by atoms with van der Waals surface area (Å²) in [6.45, 7) is 0. The summed E-state index contributed by atoms with van der Waals surface area (Å²) in [5, 5.41) is 9.58. The summed E-state index contributed by atoms with van der Waals surface area (Å²) < 4.78 is 75.5. The Hall–Kier alpha value is -0.720. The van der Waals surface area contributed by atoms with E-state index < -0.39 is 36.2 Å². The molecule has 2 rings (SSSR count). The number of rotatable bonds is 3. The molecule has 3 unspecified atom stereocenters. The SMILES string of the molecule is OC(CC(F)(F)F)(CC12C=CC(CC1)C2)C(F)(F)F. The topological polar surface area (TPSA) is 20.2 Å². The van der Waals surface area contributed by atoms with Gasteiger partial charge in [0.15, 0.2) is 5.60 Å². The van der Waals surface area contributed by atoms with Gasteiger partial charge in [-0.1, -0.05) is 12.2 Å². The highest BCUT2D eigenvalue weighted by Crippen LogP contribution is 2.56. The van der Waals surface area contributed by atoms with E-state index in [0.29, 0.717) is 19.3 Å². The van der Waals surface area contributed by atoms with Gasteiger partial charge in [-0.3, -0.25) is 0 Å². The van der Waals surface area contributed by atoms with E-state index in [-0.39, 0.29) is 5.92 Å². The van der Waals surface area contributed by atoms with Crippen molar-refractivity contribution < 1.29 is 31.4 Å². The molecule has 2 aliphatic rings. The van der Waals surface area contributed by atoms with Crippen LogP contribution in [0.4, 0.5) is 26.3 Å². The van der Waals surface area contributed by atoms with Crippen molar-refractivity contribution in [1.82, 2.24) is 0 Å². The molecule has 0 radical (unpaired) electrons. The molecule has 1 saturated carbocycles. The van der Waals surface area contributed by atoms with Crippen molar-refractivity contribution in [2.75, 3.05) is 0 Å². The third-order valence-corrected chi connectivity index (χ3v) is 4.07. The van der Waals surface area contributed by atoms with Gasteiger partial charge >= 0.3 is 12.4 Å². The van der Waals surface area contributed by atoms with Crippen molar-refractivity contribution in [1.29, 1.82) is 0 Å². The van der Waals surface area contributed by atoms with E-state index in [0.717, 1.165) is 0 Å². The zero-order valence-electron chi connectivity index (χ0n) is 9.98. The number of hydrogen-bond acceptors (Lipinski definition) is 1. The summed E-state index contributed by atoms with van der Waals surface area (Å²) in [5.41, 5.74) is -4.63. The second-order valence-corrected chi connectivity index (χ2v) is 5.72. The van der Waals surface area contributed by atoms with E-state index in [1.165, 1.54) is 0 Å². The fraction of sp³-hybridized carbons (Fsp3) is 0.833. The van der Waals surface area contributed by atoms with Crippen LogP contribution in [0, 0.1) is 11.3 Å². The van der Waals surface area contributed by atoms with Crippen LogP contribution in [0.5, 0.6) is 0 Å². The van der Waals surface area contributed by atoms with Gasteiger partial charge < -0.3 is 5.11 Å². The molecule has 0 aromatic heterocycles. The minimum Gasteiger partial charge on any atom is -0.380 e. The van der Waals surface area contributed by atoms with Crippen LogP contribution < -0.4 is 0 Å². The Morgan fingerprint density at radius 2 is 1.79 bits per heavy atom. The molecule has 19 heavy (non-hydrogen) atoms. The molecule has 0 aromatic carbocycles. The summed E-state index contributed by atoms with van der Waals surface area (Å²) in [4.78, 5) is 0. The predicted octanol–water partition coefficient (Wildman–Crippen LogP) is 3.98. The lowest BCUT2D eigenvalue weighted by atomic mass is 9.75. The van der Waals surface area contributed by atoms with Gasteiger partial charge in [-0.05, 0) is 37.0 Å². The van der Waals surface area contributed by atoms with Crippen molar-refractivity contribution in [2.45, 2.75) is 50.1 Å². The number of allylic oxidation sites excluding steroid dienone is 2. The smallest absolute Gasteiger partial charge is 0.380 e. The molecule has 0 heterocycles. The lowest BCUT2D eigenvalue weighted by molar-refractivity contribution is -0.301. The molecule has 2 bridgehead atoms. The summed E-state index contributed by atoms with van der Waals surface area (Å²) in [6, 6.07) is 0. The van der Waals surface area contributed by atoms with Crippen LogP contribution in [0.1, 0.15) is 32.1 Å². The first-order valence-corrected chi connectivity index (χ1v) is 6.00. The second kappa shape index (κ2) is 4.14. The average Bonchev–Trinajstić information content (AvgIpc) is 2.71. The number of fused-ring (bicyclic) bond motifs is 2. The molecule has 0 saturated heterocycles. The Bertz CT molecular complexity index is 385. The quantitative estimate of drug-likeness (QED) is 0.615. The lowest BCUT2D eigenvalue weighted by Gasteiger charge is -2.37. The van der Waals surface area contributed by atoms with Crippen molar-refractivity contribution in [3.63, 3.8) is 0 Å². The number of halogens is 6. The molecule has 7 heteroatoms. The monoisotopic (exact) mass is 288 g/mol. The number of alkyl halides is 6. The summed E-state index contributed by atoms with van der Waals surface area (Å²) in [5.74, 6) is 0.142. The van der Waals surface area contributed by atoms with Crippen molar-refractivity contribution in [3.8, 4) is 0 Å². The minimum absolute atomic E-state index is 0.142. The highest BCUT2D eigenvalue weighted by atomic mass is 19.4. The first kappa shape index (κ1) is 14.7. The molecule has 0 aliphatic heterocycles. The van der Waals surface area contributed by atoms with E-state index in [1.807, 2.05) is 0 Å². The largest absolute Gasteiger partial charge is 0.417 e. The highest BCUT2D eigenvalue weighted by Gasteiger charge is 2.62. The summed E-state index contributed by atoms with van der Waals surface area (Å²) >= 11 is 0. The normalized spacial score (nSPS) is 33.7. The molecule has 110 valence electrons. The molecule has 3 atom stereocenters. The van der Waals surface area contributed by atoms with Crippen LogP contribution in [-0.2, 0) is 0 Å². The van der Waals surface area contributed by atoms with E-state index in [1.54, 1.807) is 12.2 Å². The van der Waals surface area contributed by atoms with Gasteiger partial charge in [0.25, 0.3) is 0 Å². The van der Waals surface area contributed by atoms with Crippen LogP contribution >= 0.6 is 0 Å². The van der Waals surface area contributed by atoms with Gasteiger partial charge in [0.05, 0.1) is 6.42 Å². The van der Waals surface area contributed by atoms with E-state index in [9.17, 15) is 31.4 Å². The van der Waals surface area contributed by atoms with Crippen LogP contribution in [0.2, 0.25) is 0 Å². The van der Waals surface area contributed by atoms with E-state index in [2.05, 4.69) is 0 Å². The van der Waals surface area contributed by atoms with Crippen LogP contribution in [0.15, 0.2) is 12.2 Å². The number of hydrogen-bond donors (Lipinski definition) is 1. The maximum Gasteiger partial charge on any atom is 0.417 e. The molecule has 1 nitrogen and oxygen atoms in total. The van der Waals surface area contributed by atoms with Crippen molar-refractivity contribution >= 4 is 0 Å². The maximum atomic E-state index is 12.8. The molecule has 2 aliphatic carbocycles. The maximum absolute atomic E-state index is 12.8. The van der Waals surface area contributed by atoms with Gasteiger partial charge in [-0.25, -0.2) is 0 Å². The third-order valence-electron chi connectivity index (χ3n) is 4.07. The van der Waals surface area contributed by atoms with Crippen molar-refractivity contribution in [3.05, 3.63) is 12.2 Å². The Balaban J connectivity index is 2.22. The summed E-state index contributed by atoms with van der Waals surface area (Å²) in [7, 11) is 0. The number of aliphatic hydroxyl groups is 1. The molecular weight excluding hydrogens is 274 g/mol. The zero-order chi connectivity index (χ0) is 14.5. The van der Waals surface area contributed by atoms with Gasteiger partial charge in [0.2, 0.25) is 0 Å². The first-order chi connectivity index (χ1) is 8.45. The first-order valence-electron chi connectivity index (χ1n) is 6.00. The molecular formula is C12H14F6O. The van der Waals surface area contributed by atoms with Crippen molar-refractivity contribution in [2.24, 2.45) is 11.3 Å². The minimum atomic E-state index is -5.29. The highest BCUT2D eigenvalue weighted by molar-refractivity contribution is 5.17. The van der Waals surface area contributed by atoms with Gasteiger partial charge in [-0.15, -0.1) is 0 Å². The van der Waals surface area contributed by atoms with Gasteiger partial charge in [-0.2, -0.15) is 26.3 Å². The van der Waals surface area contributed by atoms with Crippen LogP contribution in [-0.4, -0.2) is 23.1 Å². The molecule has 0 spiro atoms. The molecule has 1 N–H and O–H groups in total. The summed E-state index contributed by atoms with van der Waals surface area (Å²) in [6.07, 6.45) is -8.71. The Morgan fingerprint density at radius 1 is 1.16 bits per heavy atom. The fourth-order valence-electron chi connectivity index (χ4n) is 3.25. The lowest BCUT2D eigenvalue weighted by Crippen LogP contribution is -2.51. The second-order valence-electron chi connectivity index (χ2n) is 5.72. The van der Waals surface area contributed by atoms with Crippen LogP contribution in [0.25, 0.3) is 0 Å². The predicted molar refractivity (Wildman–Crippen MR) is 55.2 cm³/mol. The zero-order valence-corrected chi connectivity index (χ0v) is 9.98. The molecule has 0 amide bonds.